The highest BCUT2D eigenvalue weighted by molar-refractivity contribution is 7.85. The van der Waals surface area contributed by atoms with Crippen LogP contribution in [0.4, 0.5) is 0 Å². The van der Waals surface area contributed by atoms with Crippen LogP contribution in [-0.2, 0) is 10.1 Å². The Morgan fingerprint density at radius 3 is 1.58 bits per heavy atom. The first-order valence-electron chi connectivity index (χ1n) is 4.13. The first-order chi connectivity index (χ1) is 5.47. The van der Waals surface area contributed by atoms with Crippen LogP contribution in [0.25, 0.3) is 0 Å². The molecular weight excluding hydrogens is 178 g/mol. The van der Waals surface area contributed by atoms with Gasteiger partial charge in [-0.25, -0.2) is 0 Å². The highest BCUT2D eigenvalue weighted by atomic mass is 32.2. The summed E-state index contributed by atoms with van der Waals surface area (Å²) in [7, 11) is -3.67. The van der Waals surface area contributed by atoms with E-state index in [1.807, 2.05) is 0 Å². The molecule has 0 heterocycles. The SMILES string of the molecule is CCCS(=O)(=O)O.CCNCC. The van der Waals surface area contributed by atoms with Gasteiger partial charge in [-0.05, 0) is 19.5 Å². The van der Waals surface area contributed by atoms with Crippen molar-refractivity contribution in [2.75, 3.05) is 18.8 Å². The van der Waals surface area contributed by atoms with Crippen molar-refractivity contribution in [2.24, 2.45) is 0 Å². The van der Waals surface area contributed by atoms with Gasteiger partial charge in [-0.1, -0.05) is 20.8 Å². The van der Waals surface area contributed by atoms with Crippen molar-refractivity contribution in [3.05, 3.63) is 0 Å². The minimum Gasteiger partial charge on any atom is -0.317 e. The second-order valence-electron chi connectivity index (χ2n) is 2.24. The van der Waals surface area contributed by atoms with E-state index in [2.05, 4.69) is 19.2 Å². The van der Waals surface area contributed by atoms with Crippen molar-refractivity contribution in [3.63, 3.8) is 0 Å². The standard InChI is InChI=1S/C4H11N.C3H8O3S/c1-3-5-4-2;1-2-3-7(4,5)6/h5H,3-4H2,1-2H3;2-3H2,1H3,(H,4,5,6). The molecule has 0 aliphatic heterocycles. The van der Waals surface area contributed by atoms with Gasteiger partial charge >= 0.3 is 0 Å². The Labute approximate surface area is 75.1 Å². The monoisotopic (exact) mass is 197 g/mol. The average molecular weight is 197 g/mol. The fourth-order valence-corrected chi connectivity index (χ4v) is 1.02. The van der Waals surface area contributed by atoms with Crippen LogP contribution >= 0.6 is 0 Å². The maximum absolute atomic E-state index is 9.79. The summed E-state index contributed by atoms with van der Waals surface area (Å²) >= 11 is 0. The Morgan fingerprint density at radius 1 is 1.17 bits per heavy atom. The van der Waals surface area contributed by atoms with Gasteiger partial charge in [0, 0.05) is 0 Å². The van der Waals surface area contributed by atoms with Gasteiger partial charge in [0.2, 0.25) is 0 Å². The molecule has 0 unspecified atom stereocenters. The predicted molar refractivity (Wildman–Crippen MR) is 50.9 cm³/mol. The van der Waals surface area contributed by atoms with Gasteiger partial charge in [0.25, 0.3) is 10.1 Å². The summed E-state index contributed by atoms with van der Waals surface area (Å²) < 4.78 is 27.6. The molecule has 0 fully saturated rings. The third kappa shape index (κ3) is 22.5. The molecule has 0 saturated heterocycles. The largest absolute Gasteiger partial charge is 0.317 e. The number of hydrogen-bond donors (Lipinski definition) is 2. The minimum absolute atomic E-state index is 0.132. The molecule has 0 atom stereocenters. The van der Waals surface area contributed by atoms with Crippen LogP contribution < -0.4 is 5.32 Å². The van der Waals surface area contributed by atoms with E-state index in [0.29, 0.717) is 6.42 Å². The van der Waals surface area contributed by atoms with E-state index >= 15 is 0 Å². The summed E-state index contributed by atoms with van der Waals surface area (Å²) in [5.41, 5.74) is 0. The topological polar surface area (TPSA) is 66.4 Å². The second kappa shape index (κ2) is 8.96. The molecule has 0 radical (unpaired) electrons. The molecule has 4 nitrogen and oxygen atoms in total. The summed E-state index contributed by atoms with van der Waals surface area (Å²) in [6, 6.07) is 0. The first-order valence-corrected chi connectivity index (χ1v) is 5.74. The smallest absolute Gasteiger partial charge is 0.264 e. The summed E-state index contributed by atoms with van der Waals surface area (Å²) in [5, 5.41) is 3.11. The lowest BCUT2D eigenvalue weighted by molar-refractivity contribution is 0.482. The van der Waals surface area contributed by atoms with E-state index in [4.69, 9.17) is 4.55 Å². The Balaban J connectivity index is 0. The third-order valence-corrected chi connectivity index (χ3v) is 1.89. The zero-order valence-corrected chi connectivity index (χ0v) is 8.82. The average Bonchev–Trinajstić information content (AvgIpc) is 1.87. The lowest BCUT2D eigenvalue weighted by atomic mass is 10.6. The lowest BCUT2D eigenvalue weighted by Crippen LogP contribution is -2.09. The van der Waals surface area contributed by atoms with Crippen molar-refractivity contribution < 1.29 is 13.0 Å². The van der Waals surface area contributed by atoms with Gasteiger partial charge in [-0.3, -0.25) is 4.55 Å². The fourth-order valence-electron chi connectivity index (χ4n) is 0.508. The van der Waals surface area contributed by atoms with Crippen molar-refractivity contribution in [1.82, 2.24) is 5.32 Å². The summed E-state index contributed by atoms with van der Waals surface area (Å²) in [5.74, 6) is -0.132. The summed E-state index contributed by atoms with van der Waals surface area (Å²) in [6.07, 6.45) is 0.471. The van der Waals surface area contributed by atoms with E-state index in [1.54, 1.807) is 6.92 Å². The van der Waals surface area contributed by atoms with Crippen LogP contribution in [0.3, 0.4) is 0 Å². The van der Waals surface area contributed by atoms with E-state index in [-0.39, 0.29) is 5.75 Å². The number of hydrogen-bond acceptors (Lipinski definition) is 3. The van der Waals surface area contributed by atoms with Gasteiger partial charge < -0.3 is 5.32 Å². The minimum atomic E-state index is -3.67. The molecule has 0 bridgehead atoms. The first kappa shape index (κ1) is 14.4. The Morgan fingerprint density at radius 2 is 1.58 bits per heavy atom. The third-order valence-electron chi connectivity index (χ3n) is 0.962. The van der Waals surface area contributed by atoms with Crippen molar-refractivity contribution >= 4 is 10.1 Å². The molecular formula is C7H19NO3S. The van der Waals surface area contributed by atoms with E-state index in [0.717, 1.165) is 13.1 Å². The normalized spacial score (nSPS) is 10.3. The molecule has 0 aliphatic carbocycles. The molecule has 12 heavy (non-hydrogen) atoms. The van der Waals surface area contributed by atoms with Crippen LogP contribution in [0.2, 0.25) is 0 Å². The van der Waals surface area contributed by atoms with Crippen LogP contribution in [0.1, 0.15) is 27.2 Å². The molecule has 0 aromatic heterocycles. The Kier molecular flexibility index (Phi) is 10.8. The Bertz CT molecular complexity index is 163. The van der Waals surface area contributed by atoms with E-state index in [9.17, 15) is 8.42 Å². The number of nitrogens with one attached hydrogen (secondary N) is 1. The molecule has 5 heteroatoms. The predicted octanol–water partition coefficient (Wildman–Crippen LogP) is 0.900. The summed E-state index contributed by atoms with van der Waals surface area (Å²) in [4.78, 5) is 0. The number of rotatable bonds is 4. The van der Waals surface area contributed by atoms with E-state index in [1.165, 1.54) is 0 Å². The molecule has 0 saturated carbocycles. The van der Waals surface area contributed by atoms with Crippen molar-refractivity contribution in [2.45, 2.75) is 27.2 Å². The van der Waals surface area contributed by atoms with Gasteiger partial charge in [0.1, 0.15) is 0 Å². The van der Waals surface area contributed by atoms with Crippen LogP contribution in [0, 0.1) is 0 Å². The molecule has 0 spiro atoms. The maximum atomic E-state index is 9.79. The van der Waals surface area contributed by atoms with Crippen LogP contribution in [0.15, 0.2) is 0 Å². The highest BCUT2D eigenvalue weighted by Gasteiger charge is 1.98. The molecule has 0 aliphatic rings. The van der Waals surface area contributed by atoms with Gasteiger partial charge in [0.05, 0.1) is 5.75 Å². The maximum Gasteiger partial charge on any atom is 0.264 e. The molecule has 0 aromatic carbocycles. The zero-order chi connectivity index (χ0) is 10.0. The Hall–Kier alpha value is -0.130. The van der Waals surface area contributed by atoms with Gasteiger partial charge in [-0.15, -0.1) is 0 Å². The van der Waals surface area contributed by atoms with E-state index < -0.39 is 10.1 Å². The van der Waals surface area contributed by atoms with Gasteiger partial charge in [-0.2, -0.15) is 8.42 Å². The quantitative estimate of drug-likeness (QED) is 0.657. The summed E-state index contributed by atoms with van der Waals surface area (Å²) in [6.45, 7) is 8.08. The second-order valence-corrected chi connectivity index (χ2v) is 3.82. The zero-order valence-electron chi connectivity index (χ0n) is 8.00. The molecule has 2 N–H and O–H groups in total. The van der Waals surface area contributed by atoms with Crippen molar-refractivity contribution in [3.8, 4) is 0 Å². The molecule has 76 valence electrons. The highest BCUT2D eigenvalue weighted by Crippen LogP contribution is 1.83. The van der Waals surface area contributed by atoms with Gasteiger partial charge in [0.15, 0.2) is 0 Å². The molecule has 0 aromatic rings. The van der Waals surface area contributed by atoms with Crippen LogP contribution in [0.5, 0.6) is 0 Å². The molecule has 0 amide bonds. The van der Waals surface area contributed by atoms with Crippen LogP contribution in [-0.4, -0.2) is 31.8 Å². The van der Waals surface area contributed by atoms with Crippen molar-refractivity contribution in [1.29, 1.82) is 0 Å². The molecule has 0 rings (SSSR count). The fraction of sp³-hybridized carbons (Fsp3) is 1.00. The lowest BCUT2D eigenvalue weighted by Gasteiger charge is -1.86.